The van der Waals surface area contributed by atoms with Gasteiger partial charge in [0.25, 0.3) is 0 Å². The average molecular weight is 307 g/mol. The van der Waals surface area contributed by atoms with Crippen LogP contribution >= 0.6 is 0 Å². The Kier molecular flexibility index (Phi) is 8.95. The highest BCUT2D eigenvalue weighted by molar-refractivity contribution is 7.90. The van der Waals surface area contributed by atoms with Gasteiger partial charge in [-0.15, -0.1) is 0 Å². The molecule has 0 fully saturated rings. The first-order chi connectivity index (χ1) is 9.31. The van der Waals surface area contributed by atoms with E-state index >= 15 is 0 Å². The molecule has 0 bridgehead atoms. The Balaban J connectivity index is 5.30. The molecule has 122 valence electrons. The molecule has 0 aliphatic carbocycles. The highest BCUT2D eigenvalue weighted by atomic mass is 32.2. The summed E-state index contributed by atoms with van der Waals surface area (Å²) in [5.41, 5.74) is 0.0458. The molecule has 1 N–H and O–H groups in total. The monoisotopic (exact) mass is 306 g/mol. The second kappa shape index (κ2) is 9.00. The van der Waals surface area contributed by atoms with E-state index in [0.717, 1.165) is 32.5 Å². The zero-order chi connectivity index (χ0) is 15.8. The molecule has 0 rings (SSSR count). The van der Waals surface area contributed by atoms with E-state index in [1.54, 1.807) is 0 Å². The fourth-order valence-electron chi connectivity index (χ4n) is 3.40. The van der Waals surface area contributed by atoms with E-state index in [2.05, 4.69) is 44.8 Å². The Bertz CT molecular complexity index is 347. The highest BCUT2D eigenvalue weighted by Crippen LogP contribution is 2.30. The van der Waals surface area contributed by atoms with Crippen molar-refractivity contribution in [2.24, 2.45) is 0 Å². The second-order valence-corrected chi connectivity index (χ2v) is 7.77. The summed E-state index contributed by atoms with van der Waals surface area (Å²) in [6.07, 6.45) is 4.08. The van der Waals surface area contributed by atoms with Gasteiger partial charge in [-0.3, -0.25) is 4.90 Å². The van der Waals surface area contributed by atoms with Gasteiger partial charge in [-0.2, -0.15) is 0 Å². The SMILES string of the molecule is CCNC(CCS(C)(=O)=O)C(CC)(CC)N(CC)CC. The summed E-state index contributed by atoms with van der Waals surface area (Å²) in [6.45, 7) is 13.8. The van der Waals surface area contributed by atoms with Crippen molar-refractivity contribution in [2.45, 2.75) is 65.5 Å². The van der Waals surface area contributed by atoms with E-state index in [1.165, 1.54) is 6.26 Å². The van der Waals surface area contributed by atoms with Crippen molar-refractivity contribution in [3.8, 4) is 0 Å². The molecule has 0 heterocycles. The maximum atomic E-state index is 11.5. The number of likely N-dealkylation sites (N-methyl/N-ethyl adjacent to an activating group) is 2. The zero-order valence-electron chi connectivity index (χ0n) is 14.2. The smallest absolute Gasteiger partial charge is 0.147 e. The summed E-state index contributed by atoms with van der Waals surface area (Å²) in [7, 11) is -2.91. The minimum Gasteiger partial charge on any atom is -0.312 e. The molecule has 0 saturated heterocycles. The Morgan fingerprint density at radius 1 is 1.05 bits per heavy atom. The van der Waals surface area contributed by atoms with E-state index in [1.807, 2.05) is 0 Å². The molecule has 0 amide bonds. The molecular formula is C15H34N2O2S. The number of nitrogens with zero attached hydrogens (tertiary/aromatic N) is 1. The third kappa shape index (κ3) is 5.34. The van der Waals surface area contributed by atoms with Crippen LogP contribution in [-0.2, 0) is 9.84 Å². The molecule has 0 spiro atoms. The second-order valence-electron chi connectivity index (χ2n) is 5.51. The Labute approximate surface area is 126 Å². The predicted molar refractivity (Wildman–Crippen MR) is 88.0 cm³/mol. The summed E-state index contributed by atoms with van der Waals surface area (Å²) in [5, 5.41) is 3.54. The molecule has 0 aliphatic rings. The topological polar surface area (TPSA) is 49.4 Å². The molecule has 0 saturated carbocycles. The Morgan fingerprint density at radius 2 is 1.55 bits per heavy atom. The maximum Gasteiger partial charge on any atom is 0.147 e. The van der Waals surface area contributed by atoms with Crippen LogP contribution in [0.25, 0.3) is 0 Å². The van der Waals surface area contributed by atoms with Crippen LogP contribution < -0.4 is 5.32 Å². The number of rotatable bonds is 11. The molecule has 0 aromatic heterocycles. The summed E-state index contributed by atoms with van der Waals surface area (Å²) < 4.78 is 23.0. The van der Waals surface area contributed by atoms with E-state index in [-0.39, 0.29) is 17.3 Å². The summed E-state index contributed by atoms with van der Waals surface area (Å²) in [4.78, 5) is 2.49. The van der Waals surface area contributed by atoms with Gasteiger partial charge in [-0.05, 0) is 38.9 Å². The van der Waals surface area contributed by atoms with Crippen molar-refractivity contribution >= 4 is 9.84 Å². The van der Waals surface area contributed by atoms with Crippen molar-refractivity contribution in [3.63, 3.8) is 0 Å². The Hall–Kier alpha value is -0.130. The molecule has 0 aromatic rings. The normalized spacial score (nSPS) is 14.8. The van der Waals surface area contributed by atoms with Crippen LogP contribution in [0.5, 0.6) is 0 Å². The first-order valence-corrected chi connectivity index (χ1v) is 10.0. The van der Waals surface area contributed by atoms with Crippen LogP contribution in [0.1, 0.15) is 53.9 Å². The number of hydrogen-bond donors (Lipinski definition) is 1. The largest absolute Gasteiger partial charge is 0.312 e. The average Bonchev–Trinajstić information content (AvgIpc) is 2.40. The van der Waals surface area contributed by atoms with Crippen molar-refractivity contribution in [3.05, 3.63) is 0 Å². The summed E-state index contributed by atoms with van der Waals surface area (Å²) in [5.74, 6) is 0.258. The van der Waals surface area contributed by atoms with Gasteiger partial charge in [0.1, 0.15) is 9.84 Å². The van der Waals surface area contributed by atoms with Gasteiger partial charge in [0.15, 0.2) is 0 Å². The van der Waals surface area contributed by atoms with Gasteiger partial charge in [-0.1, -0.05) is 34.6 Å². The number of hydrogen-bond acceptors (Lipinski definition) is 4. The van der Waals surface area contributed by atoms with E-state index in [9.17, 15) is 8.42 Å². The lowest BCUT2D eigenvalue weighted by Gasteiger charge is -2.48. The van der Waals surface area contributed by atoms with Crippen LogP contribution in [0.4, 0.5) is 0 Å². The molecular weight excluding hydrogens is 272 g/mol. The van der Waals surface area contributed by atoms with Gasteiger partial charge < -0.3 is 5.32 Å². The maximum absolute atomic E-state index is 11.5. The molecule has 0 aliphatic heterocycles. The molecule has 4 nitrogen and oxygen atoms in total. The fraction of sp³-hybridized carbons (Fsp3) is 1.00. The number of sulfone groups is 1. The molecule has 1 atom stereocenters. The van der Waals surface area contributed by atoms with Crippen LogP contribution in [0, 0.1) is 0 Å². The number of nitrogens with one attached hydrogen (secondary N) is 1. The standard InChI is InChI=1S/C15H34N2O2S/c1-7-15(8-2,17(10-4)11-5)14(16-9-3)12-13-20(6,18)19/h14,16H,7-13H2,1-6H3. The minimum atomic E-state index is -2.91. The van der Waals surface area contributed by atoms with E-state index in [4.69, 9.17) is 0 Å². The van der Waals surface area contributed by atoms with Crippen LogP contribution in [0.2, 0.25) is 0 Å². The molecule has 5 heteroatoms. The lowest BCUT2D eigenvalue weighted by molar-refractivity contribution is 0.0486. The van der Waals surface area contributed by atoms with E-state index < -0.39 is 9.84 Å². The quantitative estimate of drug-likeness (QED) is 0.636. The summed E-state index contributed by atoms with van der Waals surface area (Å²) >= 11 is 0. The van der Waals surface area contributed by atoms with Crippen LogP contribution in [0.15, 0.2) is 0 Å². The molecule has 1 unspecified atom stereocenters. The van der Waals surface area contributed by atoms with Crippen LogP contribution in [-0.4, -0.2) is 56.5 Å². The first-order valence-electron chi connectivity index (χ1n) is 7.97. The molecule has 0 radical (unpaired) electrons. The van der Waals surface area contributed by atoms with Gasteiger partial charge in [0.05, 0.1) is 5.75 Å². The summed E-state index contributed by atoms with van der Waals surface area (Å²) in [6, 6.07) is 0.220. The lowest BCUT2D eigenvalue weighted by atomic mass is 9.81. The predicted octanol–water partition coefficient (Wildman–Crippen LogP) is 2.30. The zero-order valence-corrected chi connectivity index (χ0v) is 15.0. The van der Waals surface area contributed by atoms with Crippen molar-refractivity contribution in [1.82, 2.24) is 10.2 Å². The van der Waals surface area contributed by atoms with Crippen LogP contribution in [0.3, 0.4) is 0 Å². The van der Waals surface area contributed by atoms with Crippen molar-refractivity contribution in [1.29, 1.82) is 0 Å². The minimum absolute atomic E-state index is 0.0458. The Morgan fingerprint density at radius 3 is 1.85 bits per heavy atom. The third-order valence-electron chi connectivity index (χ3n) is 4.49. The third-order valence-corrected chi connectivity index (χ3v) is 5.47. The van der Waals surface area contributed by atoms with Crippen molar-refractivity contribution in [2.75, 3.05) is 31.6 Å². The van der Waals surface area contributed by atoms with Gasteiger partial charge in [-0.25, -0.2) is 8.42 Å². The van der Waals surface area contributed by atoms with Gasteiger partial charge in [0, 0.05) is 17.8 Å². The van der Waals surface area contributed by atoms with E-state index in [0.29, 0.717) is 6.42 Å². The molecule has 0 aromatic carbocycles. The highest BCUT2D eigenvalue weighted by Gasteiger charge is 2.39. The van der Waals surface area contributed by atoms with Gasteiger partial charge >= 0.3 is 0 Å². The van der Waals surface area contributed by atoms with Crippen molar-refractivity contribution < 1.29 is 8.42 Å². The first kappa shape index (κ1) is 19.9. The fourth-order valence-corrected chi connectivity index (χ4v) is 4.07. The lowest BCUT2D eigenvalue weighted by Crippen LogP contribution is -2.61. The molecule has 20 heavy (non-hydrogen) atoms. The van der Waals surface area contributed by atoms with Gasteiger partial charge in [0.2, 0.25) is 0 Å².